The van der Waals surface area contributed by atoms with E-state index in [-0.39, 0.29) is 54.2 Å². The van der Waals surface area contributed by atoms with Crippen molar-refractivity contribution in [1.29, 1.82) is 0 Å². The normalized spacial score (nSPS) is 20.7. The molecule has 0 spiro atoms. The van der Waals surface area contributed by atoms with Gasteiger partial charge < -0.3 is 14.7 Å². The number of hydrogen-bond acceptors (Lipinski definition) is 7. The summed E-state index contributed by atoms with van der Waals surface area (Å²) in [6.45, 7) is 5.77. The van der Waals surface area contributed by atoms with Gasteiger partial charge in [-0.1, -0.05) is 12.6 Å². The van der Waals surface area contributed by atoms with Gasteiger partial charge in [-0.05, 0) is 37.3 Å². The van der Waals surface area contributed by atoms with Crippen molar-refractivity contribution in [3.8, 4) is 0 Å². The molecule has 3 amide bonds. The molecule has 0 unspecified atom stereocenters. The average Bonchev–Trinajstić information content (AvgIpc) is 3.52. The molecule has 11 nitrogen and oxygen atoms in total. The number of fused-ring (bicyclic) bond motifs is 2. The Kier molecular flexibility index (Phi) is 7.13. The zero-order valence-electron chi connectivity index (χ0n) is 23.8. The lowest BCUT2D eigenvalue weighted by Gasteiger charge is -2.38. The van der Waals surface area contributed by atoms with Crippen LogP contribution in [0, 0.1) is 18.7 Å². The molecule has 6 rings (SSSR count). The van der Waals surface area contributed by atoms with Gasteiger partial charge in [0.2, 0.25) is 17.7 Å². The van der Waals surface area contributed by atoms with Crippen molar-refractivity contribution in [3.05, 3.63) is 71.7 Å². The maximum Gasteiger partial charge on any atom is 0.416 e. The van der Waals surface area contributed by atoms with Crippen LogP contribution in [0.1, 0.15) is 35.2 Å². The summed E-state index contributed by atoms with van der Waals surface area (Å²) >= 11 is 0. The number of hydrogen-bond donors (Lipinski definition) is 1. The van der Waals surface area contributed by atoms with Gasteiger partial charge >= 0.3 is 6.18 Å². The largest absolute Gasteiger partial charge is 0.416 e. The fourth-order valence-corrected chi connectivity index (χ4v) is 6.10. The minimum absolute atomic E-state index is 0.00676. The summed E-state index contributed by atoms with van der Waals surface area (Å²) in [4.78, 5) is 53.4. The minimum Gasteiger partial charge on any atom is -0.359 e. The van der Waals surface area contributed by atoms with Crippen LogP contribution in [0.3, 0.4) is 0 Å². The minimum atomic E-state index is -4.69. The van der Waals surface area contributed by atoms with Gasteiger partial charge in [-0.2, -0.15) is 18.3 Å². The number of anilines is 3. The number of aromatic amines is 1. The Balaban J connectivity index is 1.34. The lowest BCUT2D eigenvalue weighted by molar-refractivity contribution is -0.137. The van der Waals surface area contributed by atoms with E-state index in [0.717, 1.165) is 17.0 Å². The van der Waals surface area contributed by atoms with Gasteiger partial charge in [0, 0.05) is 44.7 Å². The Bertz CT molecular complexity index is 1670. The van der Waals surface area contributed by atoms with Gasteiger partial charge in [-0.25, -0.2) is 14.4 Å². The van der Waals surface area contributed by atoms with Crippen LogP contribution in [-0.4, -0.2) is 75.5 Å². The first-order valence-corrected chi connectivity index (χ1v) is 13.9. The Labute approximate surface area is 249 Å². The summed E-state index contributed by atoms with van der Waals surface area (Å²) in [6.07, 6.45) is -3.62. The van der Waals surface area contributed by atoms with Crippen LogP contribution in [-0.2, 0) is 27.1 Å². The third-order valence-corrected chi connectivity index (χ3v) is 8.26. The Morgan fingerprint density at radius 1 is 1.16 bits per heavy atom. The highest BCUT2D eigenvalue weighted by atomic mass is 19.4. The van der Waals surface area contributed by atoms with Crippen LogP contribution in [0.5, 0.6) is 0 Å². The van der Waals surface area contributed by atoms with E-state index in [2.05, 4.69) is 26.7 Å². The van der Waals surface area contributed by atoms with E-state index < -0.39 is 41.3 Å². The number of nitrogens with one attached hydrogen (secondary N) is 1. The first kappa shape index (κ1) is 29.3. The highest BCUT2D eigenvalue weighted by Gasteiger charge is 2.49. The maximum atomic E-state index is 15.5. The van der Waals surface area contributed by atoms with E-state index in [1.807, 2.05) is 0 Å². The molecule has 0 aliphatic carbocycles. The van der Waals surface area contributed by atoms with Crippen molar-refractivity contribution >= 4 is 34.9 Å². The molecule has 3 aromatic rings. The van der Waals surface area contributed by atoms with Crippen molar-refractivity contribution < 1.29 is 31.9 Å². The number of pyridine rings is 1. The highest BCUT2D eigenvalue weighted by Crippen LogP contribution is 2.41. The number of carbonyl (C=O) groups is 3. The number of benzene rings is 1. The first-order chi connectivity index (χ1) is 20.8. The number of aromatic nitrogens is 4. The molecule has 44 heavy (non-hydrogen) atoms. The molecule has 0 radical (unpaired) electrons. The van der Waals surface area contributed by atoms with E-state index in [1.54, 1.807) is 15.9 Å². The second-order valence-electron chi connectivity index (χ2n) is 11.2. The molecule has 2 fully saturated rings. The van der Waals surface area contributed by atoms with Gasteiger partial charge in [0.15, 0.2) is 5.82 Å². The summed E-state index contributed by atoms with van der Waals surface area (Å²) in [5, 5.41) is 7.19. The van der Waals surface area contributed by atoms with E-state index >= 15 is 4.39 Å². The van der Waals surface area contributed by atoms with E-state index in [9.17, 15) is 27.6 Å². The predicted molar refractivity (Wildman–Crippen MR) is 150 cm³/mol. The van der Waals surface area contributed by atoms with Crippen LogP contribution in [0.4, 0.5) is 34.8 Å². The summed E-state index contributed by atoms with van der Waals surface area (Å²) in [5.74, 6) is -2.10. The molecule has 2 saturated heterocycles. The molecule has 0 saturated carbocycles. The lowest BCUT2D eigenvalue weighted by Crippen LogP contribution is -2.52. The molecule has 2 atom stereocenters. The van der Waals surface area contributed by atoms with Gasteiger partial charge in [-0.15, -0.1) is 0 Å². The third-order valence-electron chi connectivity index (χ3n) is 8.26. The van der Waals surface area contributed by atoms with E-state index in [1.165, 1.54) is 37.1 Å². The second-order valence-corrected chi connectivity index (χ2v) is 11.2. The SMILES string of the molecule is C=CC(=O)N1CC(c2nc(CN3C[C@H]4CC(=O)N(c5cc(C(F)(F)F)cc(C)n5)[C@@H]4C(=O)N(C)c4cccc(F)c43)n[nH]2)C1. The molecule has 1 N–H and O–H groups in total. The van der Waals surface area contributed by atoms with Crippen LogP contribution < -0.4 is 14.7 Å². The molecule has 0 bridgehead atoms. The monoisotopic (exact) mass is 612 g/mol. The molecule has 3 aliphatic heterocycles. The second kappa shape index (κ2) is 10.7. The molecule has 2 aromatic heterocycles. The molecule has 5 heterocycles. The Morgan fingerprint density at radius 3 is 2.61 bits per heavy atom. The number of rotatable bonds is 5. The van der Waals surface area contributed by atoms with Crippen LogP contribution >= 0.6 is 0 Å². The average molecular weight is 613 g/mol. The predicted octanol–water partition coefficient (Wildman–Crippen LogP) is 3.18. The number of para-hydroxylation sites is 1. The summed E-state index contributed by atoms with van der Waals surface area (Å²) in [7, 11) is 1.44. The molecule has 1 aromatic carbocycles. The standard InChI is InChI=1S/C29H28F4N8O3/c1-4-23(42)39-12-17(13-39)27-35-21(36-37-27)14-40-11-16-9-24(43)41(22-10-18(29(31,32)33)8-15(2)34-22)25(16)28(44)38(3)20-7-5-6-19(30)26(20)40/h4-8,10,16-17,25H,1,9,11-14H2,2-3H3,(H,35,36,37)/t16-,25+/m1/s1. The van der Waals surface area contributed by atoms with Crippen molar-refractivity contribution in [2.24, 2.45) is 5.92 Å². The smallest absolute Gasteiger partial charge is 0.359 e. The van der Waals surface area contributed by atoms with Crippen molar-refractivity contribution in [1.82, 2.24) is 25.1 Å². The van der Waals surface area contributed by atoms with Crippen LogP contribution in [0.25, 0.3) is 0 Å². The number of likely N-dealkylation sites (N-methyl/N-ethyl adjacent to an activating group) is 1. The number of aryl methyl sites for hydroxylation is 1. The zero-order chi connectivity index (χ0) is 31.5. The van der Waals surface area contributed by atoms with Crippen LogP contribution in [0.15, 0.2) is 43.0 Å². The third kappa shape index (κ3) is 5.05. The van der Waals surface area contributed by atoms with Gasteiger partial charge in [-0.3, -0.25) is 24.4 Å². The zero-order valence-corrected chi connectivity index (χ0v) is 23.8. The number of nitrogens with zero attached hydrogens (tertiary/aromatic N) is 7. The van der Waals surface area contributed by atoms with Crippen molar-refractivity contribution in [3.63, 3.8) is 0 Å². The molecule has 3 aliphatic rings. The Hall–Kier alpha value is -4.82. The summed E-state index contributed by atoms with van der Waals surface area (Å²) in [5.41, 5.74) is -0.621. The molecular formula is C29H28F4N8O3. The number of H-pyrrole nitrogens is 1. The fourth-order valence-electron chi connectivity index (χ4n) is 6.10. The number of halogens is 4. The van der Waals surface area contributed by atoms with Gasteiger partial charge in [0.25, 0.3) is 0 Å². The topological polar surface area (TPSA) is 119 Å². The number of carbonyl (C=O) groups excluding carboxylic acids is 3. The number of amides is 3. The number of alkyl halides is 3. The van der Waals surface area contributed by atoms with Crippen molar-refractivity contribution in [2.45, 2.75) is 38.0 Å². The molecule has 15 heteroatoms. The lowest BCUT2D eigenvalue weighted by atomic mass is 9.95. The van der Waals surface area contributed by atoms with E-state index in [4.69, 9.17) is 0 Å². The van der Waals surface area contributed by atoms with Gasteiger partial charge in [0.1, 0.15) is 23.5 Å². The quantitative estimate of drug-likeness (QED) is 0.347. The maximum absolute atomic E-state index is 15.5. The molecule has 230 valence electrons. The fraction of sp³-hybridized carbons (Fsp3) is 0.379. The highest BCUT2D eigenvalue weighted by molar-refractivity contribution is 6.10. The van der Waals surface area contributed by atoms with Crippen molar-refractivity contribution in [2.75, 3.05) is 41.4 Å². The summed E-state index contributed by atoms with van der Waals surface area (Å²) < 4.78 is 56.4. The Morgan fingerprint density at radius 2 is 1.91 bits per heavy atom. The number of likely N-dealkylation sites (tertiary alicyclic amines) is 1. The summed E-state index contributed by atoms with van der Waals surface area (Å²) in [6, 6.07) is 4.71. The van der Waals surface area contributed by atoms with E-state index in [0.29, 0.717) is 24.7 Å². The molecular weight excluding hydrogens is 584 g/mol. The first-order valence-electron chi connectivity index (χ1n) is 13.9. The van der Waals surface area contributed by atoms with Crippen LogP contribution in [0.2, 0.25) is 0 Å². The van der Waals surface area contributed by atoms with Gasteiger partial charge in [0.05, 0.1) is 29.4 Å².